The minimum atomic E-state index is -0.720. The number of carbonyl (C=O) groups excluding carboxylic acids is 1. The SMILES string of the molecule is CN(C)CCC(=O)NCC1CCCCC1C(=O)O. The van der Waals surface area contributed by atoms with E-state index in [1.807, 2.05) is 19.0 Å². The highest BCUT2D eigenvalue weighted by atomic mass is 16.4. The molecule has 2 unspecified atom stereocenters. The summed E-state index contributed by atoms with van der Waals surface area (Å²) in [5, 5.41) is 12.0. The summed E-state index contributed by atoms with van der Waals surface area (Å²) in [6.45, 7) is 1.22. The topological polar surface area (TPSA) is 69.6 Å². The van der Waals surface area contributed by atoms with Crippen LogP contribution in [0, 0.1) is 11.8 Å². The largest absolute Gasteiger partial charge is 0.481 e. The van der Waals surface area contributed by atoms with E-state index < -0.39 is 5.97 Å². The summed E-state index contributed by atoms with van der Waals surface area (Å²) in [4.78, 5) is 24.6. The van der Waals surface area contributed by atoms with Crippen molar-refractivity contribution >= 4 is 11.9 Å². The molecule has 18 heavy (non-hydrogen) atoms. The van der Waals surface area contributed by atoms with Crippen molar-refractivity contribution in [3.8, 4) is 0 Å². The molecule has 0 aromatic heterocycles. The number of amides is 1. The molecule has 0 spiro atoms. The Balaban J connectivity index is 2.31. The van der Waals surface area contributed by atoms with Crippen molar-refractivity contribution in [3.63, 3.8) is 0 Å². The van der Waals surface area contributed by atoms with E-state index in [1.165, 1.54) is 0 Å². The first-order valence-electron chi connectivity index (χ1n) is 6.65. The lowest BCUT2D eigenvalue weighted by Gasteiger charge is -2.28. The van der Waals surface area contributed by atoms with Gasteiger partial charge in [0, 0.05) is 19.5 Å². The predicted octanol–water partition coefficient (Wildman–Crippen LogP) is 0.945. The molecule has 2 atom stereocenters. The Hall–Kier alpha value is -1.10. The lowest BCUT2D eigenvalue weighted by atomic mass is 9.79. The van der Waals surface area contributed by atoms with Crippen molar-refractivity contribution in [1.29, 1.82) is 0 Å². The van der Waals surface area contributed by atoms with Crippen LogP contribution in [0.4, 0.5) is 0 Å². The van der Waals surface area contributed by atoms with Crippen molar-refractivity contribution in [1.82, 2.24) is 10.2 Å². The van der Waals surface area contributed by atoms with Gasteiger partial charge in [-0.25, -0.2) is 0 Å². The zero-order valence-corrected chi connectivity index (χ0v) is 11.3. The zero-order chi connectivity index (χ0) is 13.5. The van der Waals surface area contributed by atoms with E-state index in [0.717, 1.165) is 32.2 Å². The number of rotatable bonds is 6. The number of nitrogens with one attached hydrogen (secondary N) is 1. The van der Waals surface area contributed by atoms with Gasteiger partial charge in [0.15, 0.2) is 0 Å². The van der Waals surface area contributed by atoms with Crippen molar-refractivity contribution in [3.05, 3.63) is 0 Å². The van der Waals surface area contributed by atoms with E-state index in [9.17, 15) is 9.59 Å². The number of nitrogens with zero attached hydrogens (tertiary/aromatic N) is 1. The highest BCUT2D eigenvalue weighted by molar-refractivity contribution is 5.76. The highest BCUT2D eigenvalue weighted by Crippen LogP contribution is 2.29. The highest BCUT2D eigenvalue weighted by Gasteiger charge is 2.30. The summed E-state index contributed by atoms with van der Waals surface area (Å²) >= 11 is 0. The van der Waals surface area contributed by atoms with E-state index in [0.29, 0.717) is 13.0 Å². The molecule has 0 aromatic carbocycles. The van der Waals surface area contributed by atoms with Gasteiger partial charge in [0.25, 0.3) is 0 Å². The second-order valence-corrected chi connectivity index (χ2v) is 5.35. The molecule has 1 saturated carbocycles. The minimum absolute atomic E-state index is 0.0124. The molecule has 0 radical (unpaired) electrons. The lowest BCUT2D eigenvalue weighted by molar-refractivity contribution is -0.145. The minimum Gasteiger partial charge on any atom is -0.481 e. The summed E-state index contributed by atoms with van der Waals surface area (Å²) in [6.07, 6.45) is 4.18. The maximum atomic E-state index is 11.6. The molecular weight excluding hydrogens is 232 g/mol. The Morgan fingerprint density at radius 1 is 1.28 bits per heavy atom. The monoisotopic (exact) mass is 256 g/mol. The Labute approximate surface area is 109 Å². The van der Waals surface area contributed by atoms with E-state index in [4.69, 9.17) is 5.11 Å². The number of aliphatic carboxylic acids is 1. The van der Waals surface area contributed by atoms with Gasteiger partial charge in [-0.15, -0.1) is 0 Å². The van der Waals surface area contributed by atoms with E-state index in [2.05, 4.69) is 5.32 Å². The van der Waals surface area contributed by atoms with Gasteiger partial charge >= 0.3 is 5.97 Å². The number of carbonyl (C=O) groups is 2. The zero-order valence-electron chi connectivity index (χ0n) is 11.3. The fourth-order valence-corrected chi connectivity index (χ4v) is 2.44. The van der Waals surface area contributed by atoms with Crippen LogP contribution in [-0.4, -0.2) is 49.1 Å². The molecule has 0 saturated heterocycles. The fraction of sp³-hybridized carbons (Fsp3) is 0.846. The average molecular weight is 256 g/mol. The van der Waals surface area contributed by atoms with Gasteiger partial charge in [-0.05, 0) is 32.9 Å². The summed E-state index contributed by atoms with van der Waals surface area (Å²) < 4.78 is 0. The second-order valence-electron chi connectivity index (χ2n) is 5.35. The third-order valence-corrected chi connectivity index (χ3v) is 3.57. The first-order chi connectivity index (χ1) is 8.50. The molecular formula is C13H24N2O3. The molecule has 5 heteroatoms. The van der Waals surface area contributed by atoms with Crippen LogP contribution < -0.4 is 5.32 Å². The van der Waals surface area contributed by atoms with E-state index >= 15 is 0 Å². The first-order valence-corrected chi connectivity index (χ1v) is 6.65. The molecule has 1 amide bonds. The van der Waals surface area contributed by atoms with E-state index in [1.54, 1.807) is 0 Å². The third kappa shape index (κ3) is 5.04. The lowest BCUT2D eigenvalue weighted by Crippen LogP contribution is -2.37. The molecule has 2 N–H and O–H groups in total. The summed E-state index contributed by atoms with van der Waals surface area (Å²) in [7, 11) is 3.85. The average Bonchev–Trinajstić information content (AvgIpc) is 2.34. The first kappa shape index (κ1) is 15.0. The normalized spacial score (nSPS) is 23.9. The van der Waals surface area contributed by atoms with Crippen LogP contribution in [0.5, 0.6) is 0 Å². The Bertz CT molecular complexity index is 292. The van der Waals surface area contributed by atoms with Crippen LogP contribution in [0.3, 0.4) is 0 Å². The van der Waals surface area contributed by atoms with Gasteiger partial charge in [0.05, 0.1) is 5.92 Å². The molecule has 1 rings (SSSR count). The Kier molecular flexibility index (Phi) is 6.12. The Morgan fingerprint density at radius 2 is 1.94 bits per heavy atom. The maximum Gasteiger partial charge on any atom is 0.306 e. The summed E-state index contributed by atoms with van der Waals surface area (Å²) in [6, 6.07) is 0. The van der Waals surface area contributed by atoms with Crippen LogP contribution in [0.1, 0.15) is 32.1 Å². The smallest absolute Gasteiger partial charge is 0.306 e. The number of carboxylic acids is 1. The van der Waals surface area contributed by atoms with Gasteiger partial charge in [-0.3, -0.25) is 9.59 Å². The van der Waals surface area contributed by atoms with Gasteiger partial charge in [-0.2, -0.15) is 0 Å². The standard InChI is InChI=1S/C13H24N2O3/c1-15(2)8-7-12(16)14-9-10-5-3-4-6-11(10)13(17)18/h10-11H,3-9H2,1-2H3,(H,14,16)(H,17,18). The molecule has 104 valence electrons. The summed E-state index contributed by atoms with van der Waals surface area (Å²) in [5.74, 6) is -0.895. The van der Waals surface area contributed by atoms with Crippen LogP contribution in [0.15, 0.2) is 0 Å². The second kappa shape index (κ2) is 7.36. The van der Waals surface area contributed by atoms with E-state index in [-0.39, 0.29) is 17.7 Å². The van der Waals surface area contributed by atoms with Gasteiger partial charge in [0.1, 0.15) is 0 Å². The predicted molar refractivity (Wildman–Crippen MR) is 69.3 cm³/mol. The van der Waals surface area contributed by atoms with Gasteiger partial charge < -0.3 is 15.3 Å². The fourth-order valence-electron chi connectivity index (χ4n) is 2.44. The number of carboxylic acid groups (broad SMARTS) is 1. The van der Waals surface area contributed by atoms with Crippen LogP contribution in [-0.2, 0) is 9.59 Å². The quantitative estimate of drug-likeness (QED) is 0.742. The maximum absolute atomic E-state index is 11.6. The van der Waals surface area contributed by atoms with Gasteiger partial charge in [0.2, 0.25) is 5.91 Å². The molecule has 5 nitrogen and oxygen atoms in total. The van der Waals surface area contributed by atoms with Crippen molar-refractivity contribution in [2.24, 2.45) is 11.8 Å². The molecule has 1 aliphatic rings. The van der Waals surface area contributed by atoms with Crippen molar-refractivity contribution in [2.75, 3.05) is 27.2 Å². The van der Waals surface area contributed by atoms with Crippen molar-refractivity contribution in [2.45, 2.75) is 32.1 Å². The molecule has 0 heterocycles. The molecule has 0 bridgehead atoms. The molecule has 1 aliphatic carbocycles. The molecule has 1 fully saturated rings. The molecule has 0 aliphatic heterocycles. The Morgan fingerprint density at radius 3 is 2.56 bits per heavy atom. The van der Waals surface area contributed by atoms with Crippen LogP contribution in [0.2, 0.25) is 0 Å². The van der Waals surface area contributed by atoms with Crippen LogP contribution in [0.25, 0.3) is 0 Å². The number of hydrogen-bond acceptors (Lipinski definition) is 3. The van der Waals surface area contributed by atoms with Crippen LogP contribution >= 0.6 is 0 Å². The van der Waals surface area contributed by atoms with Crippen molar-refractivity contribution < 1.29 is 14.7 Å². The summed E-state index contributed by atoms with van der Waals surface area (Å²) in [5.41, 5.74) is 0. The third-order valence-electron chi connectivity index (χ3n) is 3.57. The van der Waals surface area contributed by atoms with Gasteiger partial charge in [-0.1, -0.05) is 12.8 Å². The molecule has 0 aromatic rings. The number of hydrogen-bond donors (Lipinski definition) is 2.